The van der Waals surface area contributed by atoms with E-state index in [1.54, 1.807) is 12.1 Å². The van der Waals surface area contributed by atoms with Crippen LogP contribution in [0.25, 0.3) is 0 Å². The molecule has 1 fully saturated rings. The fourth-order valence-corrected chi connectivity index (χ4v) is 4.12. The third-order valence-corrected chi connectivity index (χ3v) is 5.97. The van der Waals surface area contributed by atoms with Crippen LogP contribution >= 0.6 is 0 Å². The summed E-state index contributed by atoms with van der Waals surface area (Å²) in [6, 6.07) is 3.21. The number of piperidine rings is 1. The summed E-state index contributed by atoms with van der Waals surface area (Å²) in [6.07, 6.45) is 1.91. The third-order valence-electron chi connectivity index (χ3n) is 5.24. The Bertz CT molecular complexity index is 863. The molecule has 2 atom stereocenters. The molecule has 0 radical (unpaired) electrons. The molecule has 0 bridgehead atoms. The van der Waals surface area contributed by atoms with Crippen LogP contribution in [0.4, 0.5) is 5.69 Å². The first-order chi connectivity index (χ1) is 14.2. The Morgan fingerprint density at radius 1 is 1.33 bits per heavy atom. The lowest BCUT2D eigenvalue weighted by Gasteiger charge is -2.36. The van der Waals surface area contributed by atoms with Crippen molar-refractivity contribution in [3.8, 4) is 11.5 Å². The van der Waals surface area contributed by atoms with Crippen LogP contribution in [0.3, 0.4) is 0 Å². The molecule has 0 saturated carbocycles. The van der Waals surface area contributed by atoms with Crippen LogP contribution in [-0.4, -0.2) is 82.6 Å². The van der Waals surface area contributed by atoms with Gasteiger partial charge in [0.25, 0.3) is 5.91 Å². The minimum absolute atomic E-state index is 0.0927. The minimum atomic E-state index is -3.22. The van der Waals surface area contributed by atoms with Crippen molar-refractivity contribution in [2.75, 3.05) is 57.9 Å². The summed E-state index contributed by atoms with van der Waals surface area (Å²) in [4.78, 5) is 14.8. The maximum absolute atomic E-state index is 12.8. The fraction of sp³-hybridized carbons (Fsp3) is 0.632. The van der Waals surface area contributed by atoms with Crippen LogP contribution < -0.4 is 25.2 Å². The van der Waals surface area contributed by atoms with E-state index in [1.807, 2.05) is 4.90 Å². The molecule has 2 aliphatic rings. The number of likely N-dealkylation sites (tertiary alicyclic amines) is 1. The van der Waals surface area contributed by atoms with Gasteiger partial charge in [0.1, 0.15) is 0 Å². The van der Waals surface area contributed by atoms with Crippen molar-refractivity contribution in [1.82, 2.24) is 14.9 Å². The van der Waals surface area contributed by atoms with Gasteiger partial charge in [0.15, 0.2) is 11.5 Å². The molecule has 1 aromatic carbocycles. The number of nitrogen functional groups attached to an aromatic ring is 1. The van der Waals surface area contributed by atoms with Gasteiger partial charge in [0, 0.05) is 50.3 Å². The number of aliphatic hydroxyl groups excluding tert-OH is 1. The number of carbonyl (C=O) groups is 1. The van der Waals surface area contributed by atoms with Gasteiger partial charge in [-0.05, 0) is 19.0 Å². The molecule has 10 nitrogen and oxygen atoms in total. The molecule has 0 spiro atoms. The Hall–Kier alpha value is -2.08. The number of benzene rings is 1. The normalized spacial score (nSPS) is 22.3. The molecule has 5 N–H and O–H groups in total. The van der Waals surface area contributed by atoms with Gasteiger partial charge in [-0.3, -0.25) is 9.69 Å². The van der Waals surface area contributed by atoms with E-state index in [2.05, 4.69) is 10.0 Å². The molecule has 11 heteroatoms. The lowest BCUT2D eigenvalue weighted by molar-refractivity contribution is 0.0231. The van der Waals surface area contributed by atoms with Crippen molar-refractivity contribution in [1.29, 1.82) is 0 Å². The van der Waals surface area contributed by atoms with E-state index in [-0.39, 0.29) is 11.8 Å². The van der Waals surface area contributed by atoms with Crippen molar-refractivity contribution in [2.45, 2.75) is 18.9 Å². The molecule has 0 aliphatic carbocycles. The zero-order valence-electron chi connectivity index (χ0n) is 17.1. The number of aliphatic hydroxyl groups is 1. The summed E-state index contributed by atoms with van der Waals surface area (Å²) in [7, 11) is -3.22. The van der Waals surface area contributed by atoms with Gasteiger partial charge in [-0.15, -0.1) is 0 Å². The van der Waals surface area contributed by atoms with Gasteiger partial charge in [-0.25, -0.2) is 13.1 Å². The maximum atomic E-state index is 12.8. The zero-order valence-corrected chi connectivity index (χ0v) is 17.9. The first kappa shape index (κ1) is 22.6. The number of hydrogen-bond donors (Lipinski definition) is 4. The van der Waals surface area contributed by atoms with E-state index >= 15 is 0 Å². The number of fused-ring (bicyclic) bond motifs is 1. The van der Waals surface area contributed by atoms with Crippen LogP contribution in [0.5, 0.6) is 11.5 Å². The third kappa shape index (κ3) is 6.21. The van der Waals surface area contributed by atoms with Crippen LogP contribution in [0.15, 0.2) is 12.1 Å². The van der Waals surface area contributed by atoms with Crippen molar-refractivity contribution < 1.29 is 27.8 Å². The molecule has 2 aliphatic heterocycles. The van der Waals surface area contributed by atoms with Gasteiger partial charge >= 0.3 is 0 Å². The summed E-state index contributed by atoms with van der Waals surface area (Å²) >= 11 is 0. The van der Waals surface area contributed by atoms with E-state index in [9.17, 15) is 18.3 Å². The Balaban J connectivity index is 1.53. The number of amides is 1. The quantitative estimate of drug-likeness (QED) is 0.410. The number of ether oxygens (including phenoxy) is 2. The highest BCUT2D eigenvalue weighted by Gasteiger charge is 2.29. The van der Waals surface area contributed by atoms with Gasteiger partial charge in [0.2, 0.25) is 10.0 Å². The van der Waals surface area contributed by atoms with E-state index in [0.717, 1.165) is 12.7 Å². The van der Waals surface area contributed by atoms with Crippen LogP contribution in [-0.2, 0) is 10.0 Å². The molecule has 1 unspecified atom stereocenters. The van der Waals surface area contributed by atoms with Crippen molar-refractivity contribution in [3.05, 3.63) is 17.7 Å². The smallest absolute Gasteiger partial charge is 0.255 e. The maximum Gasteiger partial charge on any atom is 0.255 e. The molecule has 0 aromatic heterocycles. The fourth-order valence-electron chi connectivity index (χ4n) is 3.66. The Morgan fingerprint density at radius 3 is 2.83 bits per heavy atom. The molecular formula is C19H30N4O6S. The number of carbonyl (C=O) groups excluding carboxylic acids is 1. The van der Waals surface area contributed by atoms with Crippen molar-refractivity contribution >= 4 is 21.6 Å². The van der Waals surface area contributed by atoms with Crippen LogP contribution in [0.1, 0.15) is 23.2 Å². The van der Waals surface area contributed by atoms with E-state index in [4.69, 9.17) is 15.2 Å². The second-order valence-corrected chi connectivity index (χ2v) is 9.57. The van der Waals surface area contributed by atoms with Gasteiger partial charge in [-0.1, -0.05) is 0 Å². The second kappa shape index (κ2) is 9.82. The van der Waals surface area contributed by atoms with Crippen LogP contribution in [0.2, 0.25) is 0 Å². The summed E-state index contributed by atoms with van der Waals surface area (Å²) in [5.41, 5.74) is 6.65. The number of hydrogen-bond acceptors (Lipinski definition) is 8. The lowest BCUT2D eigenvalue weighted by atomic mass is 9.93. The predicted octanol–water partition coefficient (Wildman–Crippen LogP) is -0.608. The largest absolute Gasteiger partial charge is 0.489 e. The number of nitrogens with zero attached hydrogens (tertiary/aromatic N) is 1. The number of sulfonamides is 1. The number of rotatable bonds is 7. The summed E-state index contributed by atoms with van der Waals surface area (Å²) in [5.74, 6) is 0.447. The second-order valence-electron chi connectivity index (χ2n) is 7.74. The highest BCUT2D eigenvalue weighted by atomic mass is 32.2. The first-order valence-corrected chi connectivity index (χ1v) is 11.9. The Morgan fingerprint density at radius 2 is 2.10 bits per heavy atom. The molecule has 1 amide bonds. The average Bonchev–Trinajstić information content (AvgIpc) is 2.90. The highest BCUT2D eigenvalue weighted by molar-refractivity contribution is 7.88. The monoisotopic (exact) mass is 442 g/mol. The number of β-amino-alcohol motifs (C(OH)–C–C–N with tert-alkyl or cyclic N) is 1. The molecule has 1 aromatic rings. The minimum Gasteiger partial charge on any atom is -0.489 e. The number of nitrogens with two attached hydrogens (primary N) is 1. The number of anilines is 1. The molecule has 168 valence electrons. The average molecular weight is 443 g/mol. The topological polar surface area (TPSA) is 143 Å². The highest BCUT2D eigenvalue weighted by Crippen LogP contribution is 2.35. The predicted molar refractivity (Wildman–Crippen MR) is 112 cm³/mol. The zero-order chi connectivity index (χ0) is 21.7. The molecule has 30 heavy (non-hydrogen) atoms. The van der Waals surface area contributed by atoms with Crippen LogP contribution in [0, 0.1) is 5.92 Å². The first-order valence-electron chi connectivity index (χ1n) is 10.1. The molecule has 2 heterocycles. The van der Waals surface area contributed by atoms with Crippen molar-refractivity contribution in [2.24, 2.45) is 5.92 Å². The SMILES string of the molecule is CS(=O)(=O)NCCN1CC[C@@H](CNC(=O)c2cc(N)cc3c2OCCCO3)C(O)C1. The summed E-state index contributed by atoms with van der Waals surface area (Å²) < 4.78 is 36.1. The van der Waals surface area contributed by atoms with E-state index in [0.29, 0.717) is 75.1 Å². The van der Waals surface area contributed by atoms with Gasteiger partial charge in [-0.2, -0.15) is 0 Å². The van der Waals surface area contributed by atoms with E-state index < -0.39 is 16.1 Å². The molecule has 1 saturated heterocycles. The molecular weight excluding hydrogens is 412 g/mol. The van der Waals surface area contributed by atoms with E-state index in [1.165, 1.54) is 0 Å². The number of nitrogens with one attached hydrogen (secondary N) is 2. The summed E-state index contributed by atoms with van der Waals surface area (Å²) in [5, 5.41) is 13.3. The standard InChI is InChI=1S/C19H30N4O6S/c1-30(26,27)22-4-6-23-5-3-13(16(24)12-23)11-21-19(25)15-9-14(20)10-17-18(15)29-8-2-7-28-17/h9-10,13,16,22,24H,2-8,11-12,20H2,1H3,(H,21,25)/t13-,16?/m0/s1. The van der Waals surface area contributed by atoms with Gasteiger partial charge in [0.05, 0.1) is 31.1 Å². The van der Waals surface area contributed by atoms with Crippen molar-refractivity contribution in [3.63, 3.8) is 0 Å². The Labute approximate surface area is 176 Å². The Kier molecular flexibility index (Phi) is 7.40. The molecule has 3 rings (SSSR count). The van der Waals surface area contributed by atoms with Gasteiger partial charge < -0.3 is 25.6 Å². The summed E-state index contributed by atoms with van der Waals surface area (Å²) in [6.45, 7) is 3.25. The lowest BCUT2D eigenvalue weighted by Crippen LogP contribution is -2.49.